The van der Waals surface area contributed by atoms with Crippen LogP contribution in [-0.4, -0.2) is 12.0 Å². The minimum absolute atomic E-state index is 0.341. The lowest BCUT2D eigenvalue weighted by Crippen LogP contribution is -2.19. The first kappa shape index (κ1) is 12.8. The van der Waals surface area contributed by atoms with Crippen LogP contribution in [0.2, 0.25) is 0 Å². The van der Waals surface area contributed by atoms with E-state index in [1.807, 2.05) is 19.4 Å². The van der Waals surface area contributed by atoms with Crippen molar-refractivity contribution in [2.45, 2.75) is 26.3 Å². The highest BCUT2D eigenvalue weighted by Gasteiger charge is 2.12. The molecule has 94 valence electrons. The number of rotatable bonds is 4. The third-order valence-electron chi connectivity index (χ3n) is 3.51. The summed E-state index contributed by atoms with van der Waals surface area (Å²) in [5.74, 6) is 0. The average Bonchev–Trinajstić information content (AvgIpc) is 2.40. The van der Waals surface area contributed by atoms with Crippen LogP contribution in [0.3, 0.4) is 0 Å². The molecule has 2 heteroatoms. The van der Waals surface area contributed by atoms with E-state index in [0.29, 0.717) is 6.04 Å². The van der Waals surface area contributed by atoms with Crippen LogP contribution in [0.4, 0.5) is 0 Å². The van der Waals surface area contributed by atoms with Gasteiger partial charge in [-0.25, -0.2) is 0 Å². The zero-order valence-electron chi connectivity index (χ0n) is 11.3. The fourth-order valence-electron chi connectivity index (χ4n) is 2.36. The second-order valence-electron chi connectivity index (χ2n) is 4.70. The Balaban J connectivity index is 2.26. The van der Waals surface area contributed by atoms with E-state index in [1.165, 1.54) is 22.3 Å². The molecule has 2 aromatic rings. The zero-order valence-corrected chi connectivity index (χ0v) is 11.3. The second kappa shape index (κ2) is 5.78. The van der Waals surface area contributed by atoms with Crippen molar-refractivity contribution in [2.75, 3.05) is 7.05 Å². The molecule has 0 saturated heterocycles. The molecule has 0 aliphatic carbocycles. The van der Waals surface area contributed by atoms with Gasteiger partial charge in [-0.1, -0.05) is 18.2 Å². The Morgan fingerprint density at radius 1 is 1.06 bits per heavy atom. The molecule has 1 N–H and O–H groups in total. The van der Waals surface area contributed by atoms with Crippen molar-refractivity contribution in [1.82, 2.24) is 10.3 Å². The molecule has 18 heavy (non-hydrogen) atoms. The molecule has 1 aromatic carbocycles. The molecule has 2 rings (SSSR count). The van der Waals surface area contributed by atoms with Gasteiger partial charge in [0, 0.05) is 18.4 Å². The maximum Gasteiger partial charge on any atom is 0.0359 e. The summed E-state index contributed by atoms with van der Waals surface area (Å²) in [4.78, 5) is 4.08. The largest absolute Gasteiger partial charge is 0.313 e. The van der Waals surface area contributed by atoms with E-state index in [9.17, 15) is 0 Å². The predicted molar refractivity (Wildman–Crippen MR) is 75.7 cm³/mol. The van der Waals surface area contributed by atoms with Crippen LogP contribution in [0.1, 0.15) is 28.3 Å². The Hall–Kier alpha value is -1.67. The molecule has 0 saturated carbocycles. The monoisotopic (exact) mass is 240 g/mol. The van der Waals surface area contributed by atoms with E-state index in [0.717, 1.165) is 6.42 Å². The van der Waals surface area contributed by atoms with Crippen LogP contribution in [0, 0.1) is 13.8 Å². The fraction of sp³-hybridized carbons (Fsp3) is 0.312. The quantitative estimate of drug-likeness (QED) is 0.887. The van der Waals surface area contributed by atoms with E-state index >= 15 is 0 Å². The van der Waals surface area contributed by atoms with Crippen molar-refractivity contribution in [3.05, 3.63) is 65.0 Å². The molecule has 1 heterocycles. The topological polar surface area (TPSA) is 24.9 Å². The van der Waals surface area contributed by atoms with Gasteiger partial charge in [0.2, 0.25) is 0 Å². The molecule has 0 aliphatic rings. The van der Waals surface area contributed by atoms with Crippen molar-refractivity contribution in [3.63, 3.8) is 0 Å². The highest BCUT2D eigenvalue weighted by atomic mass is 14.9. The first-order valence-corrected chi connectivity index (χ1v) is 6.34. The summed E-state index contributed by atoms with van der Waals surface area (Å²) in [5, 5.41) is 3.39. The molecule has 1 unspecified atom stereocenters. The number of aromatic nitrogens is 1. The maximum absolute atomic E-state index is 4.08. The van der Waals surface area contributed by atoms with Crippen molar-refractivity contribution < 1.29 is 0 Å². The van der Waals surface area contributed by atoms with Crippen LogP contribution in [0.5, 0.6) is 0 Å². The van der Waals surface area contributed by atoms with Gasteiger partial charge in [0.25, 0.3) is 0 Å². The Bertz CT molecular complexity index is 486. The highest BCUT2D eigenvalue weighted by molar-refractivity contribution is 5.35. The molecule has 0 bridgehead atoms. The smallest absolute Gasteiger partial charge is 0.0359 e. The number of aryl methyl sites for hydroxylation is 2. The molecule has 0 aliphatic heterocycles. The first-order chi connectivity index (χ1) is 8.72. The summed E-state index contributed by atoms with van der Waals surface area (Å²) in [6, 6.07) is 11.0. The molecular weight excluding hydrogens is 220 g/mol. The second-order valence-corrected chi connectivity index (χ2v) is 4.70. The minimum Gasteiger partial charge on any atom is -0.313 e. The van der Waals surface area contributed by atoms with Gasteiger partial charge in [0.05, 0.1) is 0 Å². The lowest BCUT2D eigenvalue weighted by Gasteiger charge is -2.19. The van der Waals surface area contributed by atoms with Gasteiger partial charge in [-0.3, -0.25) is 4.98 Å². The van der Waals surface area contributed by atoms with E-state index in [2.05, 4.69) is 54.5 Å². The third kappa shape index (κ3) is 2.77. The molecule has 0 radical (unpaired) electrons. The van der Waals surface area contributed by atoms with Crippen LogP contribution < -0.4 is 5.32 Å². The molecule has 1 aromatic heterocycles. The van der Waals surface area contributed by atoms with Crippen molar-refractivity contribution in [3.8, 4) is 0 Å². The number of pyridine rings is 1. The average molecular weight is 240 g/mol. The molecule has 2 nitrogen and oxygen atoms in total. The summed E-state index contributed by atoms with van der Waals surface area (Å²) in [6.45, 7) is 4.36. The van der Waals surface area contributed by atoms with Gasteiger partial charge in [-0.15, -0.1) is 0 Å². The minimum atomic E-state index is 0.341. The SMILES string of the molecule is CNC(Cc1c(C)cccc1C)c1ccncc1. The Morgan fingerprint density at radius 3 is 2.22 bits per heavy atom. The summed E-state index contributed by atoms with van der Waals surface area (Å²) in [5.41, 5.74) is 5.46. The zero-order chi connectivity index (χ0) is 13.0. The van der Waals surface area contributed by atoms with Crippen LogP contribution in [-0.2, 0) is 6.42 Å². The van der Waals surface area contributed by atoms with E-state index in [4.69, 9.17) is 0 Å². The fourth-order valence-corrected chi connectivity index (χ4v) is 2.36. The number of nitrogens with zero attached hydrogens (tertiary/aromatic N) is 1. The molecular formula is C16H20N2. The number of benzene rings is 1. The lowest BCUT2D eigenvalue weighted by molar-refractivity contribution is 0.588. The van der Waals surface area contributed by atoms with Gasteiger partial charge < -0.3 is 5.32 Å². The summed E-state index contributed by atoms with van der Waals surface area (Å²) in [6.07, 6.45) is 4.72. The Morgan fingerprint density at radius 2 is 1.67 bits per heavy atom. The van der Waals surface area contributed by atoms with Crippen molar-refractivity contribution in [1.29, 1.82) is 0 Å². The van der Waals surface area contributed by atoms with Crippen LogP contribution in [0.15, 0.2) is 42.7 Å². The van der Waals surface area contributed by atoms with Crippen molar-refractivity contribution in [2.24, 2.45) is 0 Å². The lowest BCUT2D eigenvalue weighted by atomic mass is 9.93. The standard InChI is InChI=1S/C16H20N2/c1-12-5-4-6-13(2)15(12)11-16(17-3)14-7-9-18-10-8-14/h4-10,16-17H,11H2,1-3H3. The molecule has 0 amide bonds. The number of hydrogen-bond acceptors (Lipinski definition) is 2. The first-order valence-electron chi connectivity index (χ1n) is 6.34. The van der Waals surface area contributed by atoms with Gasteiger partial charge in [-0.05, 0) is 61.7 Å². The number of hydrogen-bond donors (Lipinski definition) is 1. The number of likely N-dealkylation sites (N-methyl/N-ethyl adjacent to an activating group) is 1. The summed E-state index contributed by atoms with van der Waals surface area (Å²) < 4.78 is 0. The third-order valence-corrected chi connectivity index (χ3v) is 3.51. The van der Waals surface area contributed by atoms with E-state index < -0.39 is 0 Å². The van der Waals surface area contributed by atoms with Crippen LogP contribution >= 0.6 is 0 Å². The van der Waals surface area contributed by atoms with Gasteiger partial charge in [-0.2, -0.15) is 0 Å². The van der Waals surface area contributed by atoms with E-state index in [-0.39, 0.29) is 0 Å². The highest BCUT2D eigenvalue weighted by Crippen LogP contribution is 2.22. The normalized spacial score (nSPS) is 12.4. The van der Waals surface area contributed by atoms with Gasteiger partial charge in [0.15, 0.2) is 0 Å². The van der Waals surface area contributed by atoms with Gasteiger partial charge in [0.1, 0.15) is 0 Å². The van der Waals surface area contributed by atoms with Crippen LogP contribution in [0.25, 0.3) is 0 Å². The molecule has 0 fully saturated rings. The predicted octanol–water partition coefficient (Wildman–Crippen LogP) is 3.20. The maximum atomic E-state index is 4.08. The Kier molecular flexibility index (Phi) is 4.11. The number of nitrogens with one attached hydrogen (secondary N) is 1. The molecule has 0 spiro atoms. The van der Waals surface area contributed by atoms with Crippen molar-refractivity contribution >= 4 is 0 Å². The molecule has 1 atom stereocenters. The summed E-state index contributed by atoms with van der Waals surface area (Å²) >= 11 is 0. The van der Waals surface area contributed by atoms with E-state index in [1.54, 1.807) is 0 Å². The van der Waals surface area contributed by atoms with Gasteiger partial charge >= 0.3 is 0 Å². The Labute approximate surface area is 109 Å². The summed E-state index contributed by atoms with van der Waals surface area (Å²) in [7, 11) is 2.01.